The van der Waals surface area contributed by atoms with Crippen LogP contribution in [0.5, 0.6) is 0 Å². The van der Waals surface area contributed by atoms with E-state index in [-0.39, 0.29) is 10.5 Å². The molecule has 0 aromatic carbocycles. The SMILES string of the molecule is O=S1C2CCCC1CC(O)(CC1CCOCC1)C2. The average molecular weight is 272 g/mol. The molecule has 0 aromatic heterocycles. The van der Waals surface area contributed by atoms with E-state index in [0.29, 0.717) is 5.92 Å². The molecule has 2 bridgehead atoms. The Hall–Kier alpha value is 0.0700. The summed E-state index contributed by atoms with van der Waals surface area (Å²) in [4.78, 5) is 0. The van der Waals surface area contributed by atoms with Gasteiger partial charge < -0.3 is 9.84 Å². The molecule has 3 aliphatic rings. The summed E-state index contributed by atoms with van der Waals surface area (Å²) in [5.41, 5.74) is -0.536. The van der Waals surface area contributed by atoms with Crippen molar-refractivity contribution in [2.24, 2.45) is 5.92 Å². The average Bonchev–Trinajstić information content (AvgIpc) is 2.33. The Morgan fingerprint density at radius 3 is 2.33 bits per heavy atom. The van der Waals surface area contributed by atoms with Gasteiger partial charge in [0.05, 0.1) is 5.60 Å². The predicted molar refractivity (Wildman–Crippen MR) is 71.9 cm³/mol. The van der Waals surface area contributed by atoms with Crippen LogP contribution in [0.1, 0.15) is 51.4 Å². The molecular weight excluding hydrogens is 248 g/mol. The summed E-state index contributed by atoms with van der Waals surface area (Å²) in [7, 11) is -0.674. The van der Waals surface area contributed by atoms with Gasteiger partial charge in [-0.05, 0) is 50.9 Å². The van der Waals surface area contributed by atoms with Gasteiger partial charge in [0.25, 0.3) is 0 Å². The third-order valence-corrected chi connectivity index (χ3v) is 7.05. The molecule has 3 nitrogen and oxygen atoms in total. The monoisotopic (exact) mass is 272 g/mol. The molecule has 0 amide bonds. The van der Waals surface area contributed by atoms with Gasteiger partial charge in [0.1, 0.15) is 0 Å². The molecule has 104 valence electrons. The topological polar surface area (TPSA) is 46.5 Å². The van der Waals surface area contributed by atoms with Crippen LogP contribution in [0.25, 0.3) is 0 Å². The molecule has 0 aliphatic carbocycles. The van der Waals surface area contributed by atoms with Gasteiger partial charge in [-0.3, -0.25) is 4.21 Å². The Morgan fingerprint density at radius 2 is 1.72 bits per heavy atom. The Balaban J connectivity index is 1.65. The predicted octanol–water partition coefficient (Wildman–Crippen LogP) is 2.00. The smallest absolute Gasteiger partial charge is 0.0673 e. The van der Waals surface area contributed by atoms with Crippen molar-refractivity contribution in [2.75, 3.05) is 13.2 Å². The van der Waals surface area contributed by atoms with Gasteiger partial charge in [0.2, 0.25) is 0 Å². The number of fused-ring (bicyclic) bond motifs is 2. The van der Waals surface area contributed by atoms with Gasteiger partial charge in [-0.2, -0.15) is 0 Å². The Morgan fingerprint density at radius 1 is 1.11 bits per heavy atom. The molecule has 3 aliphatic heterocycles. The Kier molecular flexibility index (Phi) is 3.79. The van der Waals surface area contributed by atoms with Crippen molar-refractivity contribution in [3.63, 3.8) is 0 Å². The first-order chi connectivity index (χ1) is 8.66. The van der Waals surface area contributed by atoms with Gasteiger partial charge in [0.15, 0.2) is 0 Å². The molecule has 0 spiro atoms. The van der Waals surface area contributed by atoms with Crippen molar-refractivity contribution in [3.05, 3.63) is 0 Å². The zero-order valence-electron chi connectivity index (χ0n) is 11.0. The molecule has 18 heavy (non-hydrogen) atoms. The second kappa shape index (κ2) is 5.22. The zero-order chi connectivity index (χ0) is 12.6. The number of aliphatic hydroxyl groups is 1. The highest BCUT2D eigenvalue weighted by Crippen LogP contribution is 2.43. The first kappa shape index (κ1) is 13.1. The summed E-state index contributed by atoms with van der Waals surface area (Å²) < 4.78 is 17.6. The molecule has 3 fully saturated rings. The van der Waals surface area contributed by atoms with Crippen LogP contribution in [0.15, 0.2) is 0 Å². The van der Waals surface area contributed by atoms with Crippen molar-refractivity contribution in [2.45, 2.75) is 67.5 Å². The minimum absolute atomic E-state index is 0.266. The van der Waals surface area contributed by atoms with Gasteiger partial charge in [-0.25, -0.2) is 0 Å². The minimum atomic E-state index is -0.674. The van der Waals surface area contributed by atoms with E-state index in [0.717, 1.165) is 58.2 Å². The molecule has 2 atom stereocenters. The van der Waals surface area contributed by atoms with Crippen LogP contribution in [-0.2, 0) is 15.5 Å². The molecular formula is C14H24O3S. The highest BCUT2D eigenvalue weighted by atomic mass is 32.2. The van der Waals surface area contributed by atoms with E-state index in [1.54, 1.807) is 0 Å². The van der Waals surface area contributed by atoms with Crippen molar-refractivity contribution >= 4 is 10.8 Å². The van der Waals surface area contributed by atoms with E-state index < -0.39 is 16.4 Å². The molecule has 3 rings (SSSR count). The highest BCUT2D eigenvalue weighted by molar-refractivity contribution is 7.86. The number of rotatable bonds is 2. The van der Waals surface area contributed by atoms with Crippen molar-refractivity contribution in [1.82, 2.24) is 0 Å². The van der Waals surface area contributed by atoms with Gasteiger partial charge in [-0.1, -0.05) is 6.42 Å². The van der Waals surface area contributed by atoms with E-state index in [1.165, 1.54) is 6.42 Å². The molecule has 3 saturated heterocycles. The maximum absolute atomic E-state index is 12.2. The molecule has 4 heteroatoms. The summed E-state index contributed by atoms with van der Waals surface area (Å²) in [5.74, 6) is 0.607. The molecule has 1 N–H and O–H groups in total. The quantitative estimate of drug-likeness (QED) is 0.836. The van der Waals surface area contributed by atoms with Crippen molar-refractivity contribution in [1.29, 1.82) is 0 Å². The summed E-state index contributed by atoms with van der Waals surface area (Å²) in [6.45, 7) is 1.69. The maximum Gasteiger partial charge on any atom is 0.0673 e. The molecule has 0 radical (unpaired) electrons. The van der Waals surface area contributed by atoms with E-state index >= 15 is 0 Å². The summed E-state index contributed by atoms with van der Waals surface area (Å²) in [6, 6.07) is 0. The third-order valence-electron chi connectivity index (χ3n) is 4.93. The van der Waals surface area contributed by atoms with Gasteiger partial charge in [0, 0.05) is 34.5 Å². The van der Waals surface area contributed by atoms with E-state index in [4.69, 9.17) is 4.74 Å². The van der Waals surface area contributed by atoms with Crippen LogP contribution in [0.2, 0.25) is 0 Å². The molecule has 0 saturated carbocycles. The molecule has 0 aromatic rings. The van der Waals surface area contributed by atoms with E-state index in [1.807, 2.05) is 0 Å². The van der Waals surface area contributed by atoms with Crippen LogP contribution in [0.3, 0.4) is 0 Å². The largest absolute Gasteiger partial charge is 0.390 e. The summed E-state index contributed by atoms with van der Waals surface area (Å²) in [6.07, 6.45) is 7.93. The lowest BCUT2D eigenvalue weighted by molar-refractivity contribution is -0.0306. The fraction of sp³-hybridized carbons (Fsp3) is 1.00. The van der Waals surface area contributed by atoms with Crippen molar-refractivity contribution in [3.8, 4) is 0 Å². The second-order valence-electron chi connectivity index (χ2n) is 6.40. The Bertz CT molecular complexity index is 309. The lowest BCUT2D eigenvalue weighted by Crippen LogP contribution is -2.50. The lowest BCUT2D eigenvalue weighted by Gasteiger charge is -2.45. The first-order valence-electron chi connectivity index (χ1n) is 7.36. The number of hydrogen-bond acceptors (Lipinski definition) is 3. The summed E-state index contributed by atoms with van der Waals surface area (Å²) >= 11 is 0. The fourth-order valence-corrected chi connectivity index (χ4v) is 6.32. The molecule has 2 unspecified atom stereocenters. The third kappa shape index (κ3) is 2.66. The highest BCUT2D eigenvalue weighted by Gasteiger charge is 2.46. The lowest BCUT2D eigenvalue weighted by atomic mass is 9.77. The van der Waals surface area contributed by atoms with E-state index in [9.17, 15) is 9.32 Å². The van der Waals surface area contributed by atoms with Crippen LogP contribution < -0.4 is 0 Å². The van der Waals surface area contributed by atoms with E-state index in [2.05, 4.69) is 0 Å². The minimum Gasteiger partial charge on any atom is -0.390 e. The number of hydrogen-bond donors (Lipinski definition) is 1. The fourth-order valence-electron chi connectivity index (χ4n) is 4.03. The first-order valence-corrected chi connectivity index (χ1v) is 8.63. The van der Waals surface area contributed by atoms with Crippen LogP contribution >= 0.6 is 0 Å². The number of ether oxygens (including phenoxy) is 1. The van der Waals surface area contributed by atoms with Gasteiger partial charge in [-0.15, -0.1) is 0 Å². The van der Waals surface area contributed by atoms with Crippen LogP contribution in [-0.4, -0.2) is 38.6 Å². The maximum atomic E-state index is 12.2. The zero-order valence-corrected chi connectivity index (χ0v) is 11.8. The van der Waals surface area contributed by atoms with Crippen molar-refractivity contribution < 1.29 is 14.1 Å². The normalized spacial score (nSPS) is 45.9. The van der Waals surface area contributed by atoms with Crippen LogP contribution in [0, 0.1) is 5.92 Å². The Labute approximate surface area is 112 Å². The second-order valence-corrected chi connectivity index (χ2v) is 8.39. The van der Waals surface area contributed by atoms with Gasteiger partial charge >= 0.3 is 0 Å². The summed E-state index contributed by atoms with van der Waals surface area (Å²) in [5, 5.41) is 11.4. The standard InChI is InChI=1S/C14H24O3S/c15-14(8-11-4-6-17-7-5-11)9-12-2-1-3-13(10-14)18(12)16/h11-13,15H,1-10H2. The molecule has 3 heterocycles. The van der Waals surface area contributed by atoms with Crippen LogP contribution in [0.4, 0.5) is 0 Å².